The molecule has 1 fully saturated rings. The average molecular weight is 357 g/mol. The number of piperidine rings is 1. The van der Waals surface area contributed by atoms with Gasteiger partial charge in [0.2, 0.25) is 0 Å². The first kappa shape index (κ1) is 18.4. The fourth-order valence-electron chi connectivity index (χ4n) is 3.37. The van der Waals surface area contributed by atoms with Crippen molar-refractivity contribution in [1.82, 2.24) is 14.9 Å². The van der Waals surface area contributed by atoms with E-state index in [0.29, 0.717) is 12.6 Å². The maximum Gasteiger partial charge on any atom is 0.259 e. The second-order valence-electron chi connectivity index (χ2n) is 6.37. The Labute approximate surface area is 146 Å². The van der Waals surface area contributed by atoms with Gasteiger partial charge in [-0.3, -0.25) is 9.69 Å². The van der Waals surface area contributed by atoms with Crippen molar-refractivity contribution in [2.45, 2.75) is 58.7 Å². The van der Waals surface area contributed by atoms with Gasteiger partial charge in [0, 0.05) is 17.0 Å². The number of aryl methyl sites for hydroxylation is 2. The summed E-state index contributed by atoms with van der Waals surface area (Å²) in [6, 6.07) is 0.517. The van der Waals surface area contributed by atoms with Gasteiger partial charge in [-0.25, -0.2) is 4.98 Å². The Morgan fingerprint density at radius 2 is 2.17 bits per heavy atom. The molecule has 0 amide bonds. The average Bonchev–Trinajstić information content (AvgIpc) is 2.74. The van der Waals surface area contributed by atoms with Gasteiger partial charge in [-0.15, -0.1) is 23.7 Å². The number of thiophene rings is 1. The molecule has 2 atom stereocenters. The van der Waals surface area contributed by atoms with E-state index in [9.17, 15) is 4.79 Å². The van der Waals surface area contributed by atoms with Crippen LogP contribution in [0.1, 0.15) is 42.5 Å². The highest BCUT2D eigenvalue weighted by atomic mass is 35.5. The van der Waals surface area contributed by atoms with Crippen LogP contribution < -0.4 is 11.3 Å². The molecule has 0 aromatic carbocycles. The number of nitrogens with two attached hydrogens (primary N) is 1. The van der Waals surface area contributed by atoms with Gasteiger partial charge in [0.25, 0.3) is 5.56 Å². The number of H-pyrrole nitrogens is 1. The van der Waals surface area contributed by atoms with Crippen LogP contribution in [-0.2, 0) is 6.54 Å². The molecule has 1 aliphatic rings. The number of aromatic nitrogens is 2. The summed E-state index contributed by atoms with van der Waals surface area (Å²) >= 11 is 1.60. The lowest BCUT2D eigenvalue weighted by molar-refractivity contribution is 0.120. The number of nitrogens with zero attached hydrogens (tertiary/aromatic N) is 2. The fourth-order valence-corrected chi connectivity index (χ4v) is 4.42. The zero-order valence-electron chi connectivity index (χ0n) is 13.9. The molecule has 23 heavy (non-hydrogen) atoms. The van der Waals surface area contributed by atoms with Crippen molar-refractivity contribution in [2.24, 2.45) is 5.73 Å². The van der Waals surface area contributed by atoms with Gasteiger partial charge in [-0.1, -0.05) is 6.42 Å². The highest BCUT2D eigenvalue weighted by Gasteiger charge is 2.26. The third kappa shape index (κ3) is 3.60. The Morgan fingerprint density at radius 1 is 1.43 bits per heavy atom. The Kier molecular flexibility index (Phi) is 5.84. The van der Waals surface area contributed by atoms with Gasteiger partial charge < -0.3 is 10.7 Å². The lowest BCUT2D eigenvalue weighted by Crippen LogP contribution is -2.48. The number of hydrogen-bond donors (Lipinski definition) is 2. The molecule has 7 heteroatoms. The van der Waals surface area contributed by atoms with Gasteiger partial charge in [0.1, 0.15) is 10.7 Å². The molecule has 2 unspecified atom stereocenters. The Hall–Kier alpha value is -0.950. The van der Waals surface area contributed by atoms with Crippen molar-refractivity contribution in [3.63, 3.8) is 0 Å². The number of hydrogen-bond acceptors (Lipinski definition) is 5. The molecule has 5 nitrogen and oxygen atoms in total. The van der Waals surface area contributed by atoms with Gasteiger partial charge in [-0.05, 0) is 45.7 Å². The van der Waals surface area contributed by atoms with E-state index in [2.05, 4.69) is 21.8 Å². The summed E-state index contributed by atoms with van der Waals surface area (Å²) < 4.78 is 0. The Balaban J connectivity index is 0.00000192. The summed E-state index contributed by atoms with van der Waals surface area (Å²) in [5.41, 5.74) is 7.15. The van der Waals surface area contributed by atoms with Crippen LogP contribution in [0.5, 0.6) is 0 Å². The molecular formula is C16H25ClN4OS. The maximum absolute atomic E-state index is 12.4. The SMILES string of the molecule is Cc1sc2nc(CN3CCCCC3C(C)N)[nH]c(=O)c2c1C.Cl. The topological polar surface area (TPSA) is 75.0 Å². The predicted octanol–water partition coefficient (Wildman–Crippen LogP) is 2.72. The van der Waals surface area contributed by atoms with Crippen LogP contribution in [0.2, 0.25) is 0 Å². The zero-order chi connectivity index (χ0) is 15.9. The molecular weight excluding hydrogens is 332 g/mol. The lowest BCUT2D eigenvalue weighted by Gasteiger charge is -2.37. The summed E-state index contributed by atoms with van der Waals surface area (Å²) in [6.07, 6.45) is 3.54. The van der Waals surface area contributed by atoms with Crippen LogP contribution in [0.4, 0.5) is 0 Å². The highest BCUT2D eigenvalue weighted by molar-refractivity contribution is 7.18. The number of nitrogens with one attached hydrogen (secondary N) is 1. The van der Waals surface area contributed by atoms with E-state index >= 15 is 0 Å². The minimum Gasteiger partial charge on any atom is -0.327 e. The minimum atomic E-state index is -0.0174. The predicted molar refractivity (Wildman–Crippen MR) is 98.7 cm³/mol. The third-order valence-electron chi connectivity index (χ3n) is 4.71. The molecule has 2 aromatic heterocycles. The molecule has 2 aromatic rings. The molecule has 128 valence electrons. The zero-order valence-corrected chi connectivity index (χ0v) is 15.5. The molecule has 3 N–H and O–H groups in total. The second-order valence-corrected chi connectivity index (χ2v) is 7.57. The van der Waals surface area contributed by atoms with E-state index in [-0.39, 0.29) is 24.0 Å². The van der Waals surface area contributed by atoms with Crippen molar-refractivity contribution in [1.29, 1.82) is 0 Å². The molecule has 3 heterocycles. The summed E-state index contributed by atoms with van der Waals surface area (Å²) in [7, 11) is 0. The monoisotopic (exact) mass is 356 g/mol. The van der Waals surface area contributed by atoms with Crippen molar-refractivity contribution in [2.75, 3.05) is 6.54 Å². The first-order valence-electron chi connectivity index (χ1n) is 7.96. The number of rotatable bonds is 3. The highest BCUT2D eigenvalue weighted by Crippen LogP contribution is 2.26. The molecule has 3 rings (SSSR count). The van der Waals surface area contributed by atoms with E-state index in [1.54, 1.807) is 11.3 Å². The van der Waals surface area contributed by atoms with Gasteiger partial charge in [0.15, 0.2) is 0 Å². The molecule has 0 spiro atoms. The summed E-state index contributed by atoms with van der Waals surface area (Å²) in [6.45, 7) is 7.79. The number of likely N-dealkylation sites (tertiary alicyclic amines) is 1. The van der Waals surface area contributed by atoms with Gasteiger partial charge >= 0.3 is 0 Å². The van der Waals surface area contributed by atoms with E-state index in [1.165, 1.54) is 12.8 Å². The molecule has 0 radical (unpaired) electrons. The van der Waals surface area contributed by atoms with Crippen molar-refractivity contribution >= 4 is 34.0 Å². The van der Waals surface area contributed by atoms with Crippen LogP contribution in [0, 0.1) is 13.8 Å². The van der Waals surface area contributed by atoms with E-state index < -0.39 is 0 Å². The molecule has 0 saturated carbocycles. The largest absolute Gasteiger partial charge is 0.327 e. The normalized spacial score (nSPS) is 20.4. The number of fused-ring (bicyclic) bond motifs is 1. The van der Waals surface area contributed by atoms with Gasteiger partial charge in [-0.2, -0.15) is 0 Å². The minimum absolute atomic E-state index is 0. The molecule has 1 aliphatic heterocycles. The summed E-state index contributed by atoms with van der Waals surface area (Å²) in [4.78, 5) is 24.4. The van der Waals surface area contributed by atoms with Gasteiger partial charge in [0.05, 0.1) is 11.9 Å². The van der Waals surface area contributed by atoms with Crippen LogP contribution in [-0.4, -0.2) is 33.5 Å². The third-order valence-corrected chi connectivity index (χ3v) is 5.81. The standard InChI is InChI=1S/C16H24N4OS.ClH/c1-9-11(3)22-16-14(9)15(21)18-13(19-16)8-20-7-5-4-6-12(20)10(2)17;/h10,12H,4-8,17H2,1-3H3,(H,18,19,21);1H. The van der Waals surface area contributed by atoms with E-state index in [4.69, 9.17) is 5.73 Å². The van der Waals surface area contributed by atoms with Crippen molar-refractivity contribution < 1.29 is 0 Å². The van der Waals surface area contributed by atoms with Crippen LogP contribution in [0.15, 0.2) is 4.79 Å². The molecule has 0 bridgehead atoms. The number of halogens is 1. The van der Waals surface area contributed by atoms with E-state index in [1.807, 2.05) is 13.8 Å². The quantitative estimate of drug-likeness (QED) is 0.886. The second kappa shape index (κ2) is 7.30. The summed E-state index contributed by atoms with van der Waals surface area (Å²) in [5.74, 6) is 0.756. The smallest absolute Gasteiger partial charge is 0.259 e. The maximum atomic E-state index is 12.4. The Bertz CT molecular complexity index is 739. The summed E-state index contributed by atoms with van der Waals surface area (Å²) in [5, 5.41) is 0.744. The first-order chi connectivity index (χ1) is 10.5. The lowest BCUT2D eigenvalue weighted by atomic mass is 9.97. The Morgan fingerprint density at radius 3 is 2.87 bits per heavy atom. The molecule has 0 aliphatic carbocycles. The van der Waals surface area contributed by atoms with Crippen LogP contribution in [0.25, 0.3) is 10.2 Å². The van der Waals surface area contributed by atoms with Crippen LogP contribution in [0.3, 0.4) is 0 Å². The van der Waals surface area contributed by atoms with E-state index in [0.717, 1.165) is 39.4 Å². The van der Waals surface area contributed by atoms with Crippen LogP contribution >= 0.6 is 23.7 Å². The fraction of sp³-hybridized carbons (Fsp3) is 0.625. The molecule has 1 saturated heterocycles. The van der Waals surface area contributed by atoms with Crippen molar-refractivity contribution in [3.05, 3.63) is 26.6 Å². The first-order valence-corrected chi connectivity index (χ1v) is 8.77. The number of aromatic amines is 1. The van der Waals surface area contributed by atoms with Crippen molar-refractivity contribution in [3.8, 4) is 0 Å².